The van der Waals surface area contributed by atoms with Gasteiger partial charge >= 0.3 is 0 Å². The Morgan fingerprint density at radius 3 is 2.79 bits per heavy atom. The Kier molecular flexibility index (Phi) is 4.22. The lowest BCUT2D eigenvalue weighted by atomic mass is 9.94. The average molecular weight is 262 g/mol. The molecule has 0 aliphatic heterocycles. The summed E-state index contributed by atoms with van der Waals surface area (Å²) in [5.74, 6) is 0.131. The molecule has 19 heavy (non-hydrogen) atoms. The summed E-state index contributed by atoms with van der Waals surface area (Å²) in [6.07, 6.45) is 3.35. The third-order valence-electron chi connectivity index (χ3n) is 3.74. The number of hydrogen-bond acceptors (Lipinski definition) is 4. The van der Waals surface area contributed by atoms with E-state index in [1.54, 1.807) is 0 Å². The van der Waals surface area contributed by atoms with Crippen molar-refractivity contribution in [3.05, 3.63) is 28.3 Å². The average Bonchev–Trinajstić information content (AvgIpc) is 2.82. The van der Waals surface area contributed by atoms with Crippen LogP contribution in [0, 0.1) is 0 Å². The van der Waals surface area contributed by atoms with Gasteiger partial charge in [-0.15, -0.1) is 0 Å². The molecule has 0 amide bonds. The van der Waals surface area contributed by atoms with Crippen LogP contribution in [0.3, 0.4) is 0 Å². The molecular formula is C15H22N2O2. The second-order valence-electron chi connectivity index (χ2n) is 5.43. The number of nitrogens with zero attached hydrogens (tertiary/aromatic N) is 1. The van der Waals surface area contributed by atoms with Gasteiger partial charge in [0.1, 0.15) is 5.75 Å². The highest BCUT2D eigenvalue weighted by atomic mass is 16.3. The zero-order valence-corrected chi connectivity index (χ0v) is 11.7. The second-order valence-corrected chi connectivity index (χ2v) is 5.43. The van der Waals surface area contributed by atoms with Gasteiger partial charge in [-0.05, 0) is 44.5 Å². The summed E-state index contributed by atoms with van der Waals surface area (Å²) < 4.78 is 0. The van der Waals surface area contributed by atoms with Crippen LogP contribution in [-0.4, -0.2) is 36.4 Å². The first kappa shape index (κ1) is 14.0. The summed E-state index contributed by atoms with van der Waals surface area (Å²) in [6, 6.07) is 1.96. The first-order valence-corrected chi connectivity index (χ1v) is 6.79. The minimum atomic E-state index is 0.0275. The fraction of sp³-hybridized carbons (Fsp3) is 0.533. The predicted molar refractivity (Wildman–Crippen MR) is 75.5 cm³/mol. The topological polar surface area (TPSA) is 66.6 Å². The van der Waals surface area contributed by atoms with Gasteiger partial charge in [0.25, 0.3) is 0 Å². The highest BCUT2D eigenvalue weighted by Crippen LogP contribution is 2.35. The third kappa shape index (κ3) is 2.80. The number of rotatable bonds is 5. The highest BCUT2D eigenvalue weighted by molar-refractivity contribution is 6.01. The van der Waals surface area contributed by atoms with Gasteiger partial charge in [-0.1, -0.05) is 6.07 Å². The molecule has 0 spiro atoms. The molecule has 1 aromatic carbocycles. The van der Waals surface area contributed by atoms with E-state index < -0.39 is 0 Å². The first-order valence-electron chi connectivity index (χ1n) is 6.79. The fourth-order valence-electron chi connectivity index (χ4n) is 2.70. The summed E-state index contributed by atoms with van der Waals surface area (Å²) in [4.78, 5) is 14.3. The van der Waals surface area contributed by atoms with E-state index in [4.69, 9.17) is 5.73 Å². The Bertz CT molecular complexity index is 495. The summed E-state index contributed by atoms with van der Waals surface area (Å²) in [5.41, 5.74) is 9.10. The Morgan fingerprint density at radius 1 is 1.42 bits per heavy atom. The van der Waals surface area contributed by atoms with Crippen molar-refractivity contribution in [1.82, 2.24) is 4.90 Å². The fourth-order valence-corrected chi connectivity index (χ4v) is 2.70. The molecule has 2 rings (SSSR count). The van der Waals surface area contributed by atoms with E-state index in [0.29, 0.717) is 24.1 Å². The third-order valence-corrected chi connectivity index (χ3v) is 3.74. The normalized spacial score (nSPS) is 13.9. The smallest absolute Gasteiger partial charge is 0.168 e. The van der Waals surface area contributed by atoms with Crippen LogP contribution >= 0.6 is 0 Å². The van der Waals surface area contributed by atoms with E-state index >= 15 is 0 Å². The zero-order chi connectivity index (χ0) is 14.0. The SMILES string of the molecule is CN(C)CCC(=O)c1c(O)c(CN)cc2c1CCC2. The van der Waals surface area contributed by atoms with Crippen LogP contribution < -0.4 is 5.73 Å². The zero-order valence-electron chi connectivity index (χ0n) is 11.7. The van der Waals surface area contributed by atoms with Crippen molar-refractivity contribution < 1.29 is 9.90 Å². The molecule has 0 saturated carbocycles. The quantitative estimate of drug-likeness (QED) is 0.789. The van der Waals surface area contributed by atoms with Crippen molar-refractivity contribution in [1.29, 1.82) is 0 Å². The minimum absolute atomic E-state index is 0.0275. The minimum Gasteiger partial charge on any atom is -0.507 e. The summed E-state index contributed by atoms with van der Waals surface area (Å²) in [5, 5.41) is 10.3. The number of Topliss-reactive ketones (excluding diaryl/α,β-unsaturated/α-hetero) is 1. The number of hydrogen-bond donors (Lipinski definition) is 2. The monoisotopic (exact) mass is 262 g/mol. The number of phenols is 1. The van der Waals surface area contributed by atoms with Gasteiger partial charge in [0, 0.05) is 25.1 Å². The van der Waals surface area contributed by atoms with E-state index in [1.807, 2.05) is 25.1 Å². The van der Waals surface area contributed by atoms with Crippen molar-refractivity contribution >= 4 is 5.78 Å². The molecule has 0 saturated heterocycles. The lowest BCUT2D eigenvalue weighted by Crippen LogP contribution is -2.18. The largest absolute Gasteiger partial charge is 0.507 e. The Balaban J connectivity index is 2.38. The van der Waals surface area contributed by atoms with Gasteiger partial charge in [-0.2, -0.15) is 0 Å². The van der Waals surface area contributed by atoms with Crippen molar-refractivity contribution in [3.8, 4) is 5.75 Å². The molecule has 0 fully saturated rings. The Hall–Kier alpha value is -1.39. The molecule has 0 heterocycles. The molecule has 104 valence electrons. The van der Waals surface area contributed by atoms with E-state index in [2.05, 4.69) is 0 Å². The Labute approximate surface area is 114 Å². The van der Waals surface area contributed by atoms with Gasteiger partial charge in [-0.3, -0.25) is 4.79 Å². The number of aromatic hydroxyl groups is 1. The van der Waals surface area contributed by atoms with Crippen LogP contribution in [0.2, 0.25) is 0 Å². The van der Waals surface area contributed by atoms with Gasteiger partial charge in [0.2, 0.25) is 0 Å². The van der Waals surface area contributed by atoms with Gasteiger partial charge in [0.05, 0.1) is 5.56 Å². The first-order chi connectivity index (χ1) is 9.04. The van der Waals surface area contributed by atoms with Crippen molar-refractivity contribution in [2.24, 2.45) is 5.73 Å². The van der Waals surface area contributed by atoms with Gasteiger partial charge in [-0.25, -0.2) is 0 Å². The van der Waals surface area contributed by atoms with Crippen molar-refractivity contribution in [2.75, 3.05) is 20.6 Å². The lowest BCUT2D eigenvalue weighted by Gasteiger charge is -2.15. The molecule has 3 N–H and O–H groups in total. The molecule has 1 aliphatic rings. The molecule has 0 unspecified atom stereocenters. The number of aryl methyl sites for hydroxylation is 1. The molecule has 0 atom stereocenters. The standard InChI is InChI=1S/C15H22N2O2/c1-17(2)7-6-13(18)14-12-5-3-4-10(12)8-11(9-16)15(14)19/h8,19H,3-7,9,16H2,1-2H3. The maximum absolute atomic E-state index is 12.4. The van der Waals surface area contributed by atoms with Crippen molar-refractivity contribution in [2.45, 2.75) is 32.2 Å². The number of benzene rings is 1. The molecular weight excluding hydrogens is 240 g/mol. The number of phenolic OH excluding ortho intramolecular Hbond substituents is 1. The van der Waals surface area contributed by atoms with Crippen molar-refractivity contribution in [3.63, 3.8) is 0 Å². The number of ketones is 1. The number of carbonyl (C=O) groups is 1. The van der Waals surface area contributed by atoms with Crippen LogP contribution in [0.5, 0.6) is 5.75 Å². The van der Waals surface area contributed by atoms with E-state index in [1.165, 1.54) is 5.56 Å². The molecule has 4 heteroatoms. The second kappa shape index (κ2) is 5.72. The van der Waals surface area contributed by atoms with E-state index in [-0.39, 0.29) is 18.1 Å². The molecule has 4 nitrogen and oxygen atoms in total. The maximum Gasteiger partial charge on any atom is 0.168 e. The molecule has 0 aromatic heterocycles. The molecule has 1 aromatic rings. The number of fused-ring (bicyclic) bond motifs is 1. The predicted octanol–water partition coefficient (Wildman–Crippen LogP) is 1.47. The van der Waals surface area contributed by atoms with Crippen LogP contribution in [0.4, 0.5) is 0 Å². The summed E-state index contributed by atoms with van der Waals surface area (Å²) in [7, 11) is 3.88. The molecule has 0 bridgehead atoms. The van der Waals surface area contributed by atoms with Gasteiger partial charge in [0.15, 0.2) is 5.78 Å². The van der Waals surface area contributed by atoms with E-state index in [9.17, 15) is 9.90 Å². The molecule has 1 aliphatic carbocycles. The highest BCUT2D eigenvalue weighted by Gasteiger charge is 2.24. The lowest BCUT2D eigenvalue weighted by molar-refractivity contribution is 0.0969. The summed E-state index contributed by atoms with van der Waals surface area (Å²) >= 11 is 0. The van der Waals surface area contributed by atoms with Crippen LogP contribution in [0.1, 0.15) is 39.9 Å². The Morgan fingerprint density at radius 2 is 2.16 bits per heavy atom. The molecule has 0 radical (unpaired) electrons. The summed E-state index contributed by atoms with van der Waals surface area (Å²) in [6.45, 7) is 0.965. The number of nitrogens with two attached hydrogens (primary N) is 1. The van der Waals surface area contributed by atoms with Crippen LogP contribution in [0.25, 0.3) is 0 Å². The van der Waals surface area contributed by atoms with Gasteiger partial charge < -0.3 is 15.7 Å². The maximum atomic E-state index is 12.4. The van der Waals surface area contributed by atoms with Crippen LogP contribution in [0.15, 0.2) is 6.07 Å². The van der Waals surface area contributed by atoms with Crippen LogP contribution in [-0.2, 0) is 19.4 Å². The van der Waals surface area contributed by atoms with E-state index in [0.717, 1.165) is 24.8 Å². The number of carbonyl (C=O) groups excluding carboxylic acids is 1.